The number of carbonyl (C=O) groups excluding carboxylic acids is 1. The lowest BCUT2D eigenvalue weighted by molar-refractivity contribution is -0.137. The van der Waals surface area contributed by atoms with E-state index in [1.165, 1.54) is 12.1 Å². The molecule has 4 nitrogen and oxygen atoms in total. The molecule has 3 aromatic rings. The van der Waals surface area contributed by atoms with Gasteiger partial charge in [0.2, 0.25) is 0 Å². The van der Waals surface area contributed by atoms with E-state index in [2.05, 4.69) is 10.5 Å². The van der Waals surface area contributed by atoms with E-state index in [-0.39, 0.29) is 22.9 Å². The molecule has 156 valence electrons. The standard InChI is InChI=1S/C21H15Cl2F3N2O2/c22-19(23)20(29)27-13-4-1-3-12(9-13)17-10-16(28-30-17)18-14(11-7-8-11)5-2-6-15(18)21(24,25)26/h1-6,9-11,19H,7-8H2,(H,27,29). The van der Waals surface area contributed by atoms with Gasteiger partial charge in [-0.1, -0.05) is 52.6 Å². The zero-order valence-corrected chi connectivity index (χ0v) is 16.9. The highest BCUT2D eigenvalue weighted by Gasteiger charge is 2.38. The van der Waals surface area contributed by atoms with Crippen LogP contribution in [0.2, 0.25) is 0 Å². The number of nitrogens with zero attached hydrogens (tertiary/aromatic N) is 1. The van der Waals surface area contributed by atoms with Gasteiger partial charge in [0.25, 0.3) is 5.91 Å². The number of hydrogen-bond donors (Lipinski definition) is 1. The lowest BCUT2D eigenvalue weighted by Gasteiger charge is -2.14. The van der Waals surface area contributed by atoms with Crippen LogP contribution >= 0.6 is 23.2 Å². The SMILES string of the molecule is O=C(Nc1cccc(-c2cc(-c3c(C4CC4)cccc3C(F)(F)F)no2)c1)C(Cl)Cl. The molecule has 0 unspecified atom stereocenters. The third kappa shape index (κ3) is 4.32. The van der Waals surface area contributed by atoms with E-state index in [9.17, 15) is 18.0 Å². The summed E-state index contributed by atoms with van der Waals surface area (Å²) >= 11 is 11.1. The van der Waals surface area contributed by atoms with E-state index >= 15 is 0 Å². The number of alkyl halides is 5. The maximum atomic E-state index is 13.6. The molecule has 1 aliphatic carbocycles. The first-order valence-corrected chi connectivity index (χ1v) is 9.98. The second-order valence-electron chi connectivity index (χ2n) is 6.99. The van der Waals surface area contributed by atoms with Crippen LogP contribution in [-0.2, 0) is 11.0 Å². The minimum absolute atomic E-state index is 0.0547. The fourth-order valence-corrected chi connectivity index (χ4v) is 3.41. The van der Waals surface area contributed by atoms with Gasteiger partial charge in [0, 0.05) is 22.9 Å². The first kappa shape index (κ1) is 20.8. The summed E-state index contributed by atoms with van der Waals surface area (Å²) in [6, 6.07) is 12.2. The van der Waals surface area contributed by atoms with Gasteiger partial charge in [-0.05, 0) is 42.5 Å². The molecule has 9 heteroatoms. The highest BCUT2D eigenvalue weighted by atomic mass is 35.5. The average Bonchev–Trinajstić information content (AvgIpc) is 3.43. The first-order valence-electron chi connectivity index (χ1n) is 9.10. The number of rotatable bonds is 5. The van der Waals surface area contributed by atoms with Crippen LogP contribution in [0.4, 0.5) is 18.9 Å². The smallest absolute Gasteiger partial charge is 0.356 e. The van der Waals surface area contributed by atoms with E-state index < -0.39 is 22.5 Å². The Labute approximate surface area is 180 Å². The van der Waals surface area contributed by atoms with Crippen molar-refractivity contribution >= 4 is 34.8 Å². The second-order valence-corrected chi connectivity index (χ2v) is 8.09. The van der Waals surface area contributed by atoms with Crippen LogP contribution in [0.1, 0.15) is 29.9 Å². The average molecular weight is 455 g/mol. The van der Waals surface area contributed by atoms with Crippen molar-refractivity contribution in [2.75, 3.05) is 5.32 Å². The van der Waals surface area contributed by atoms with E-state index in [4.69, 9.17) is 27.7 Å². The number of benzene rings is 2. The molecule has 0 radical (unpaired) electrons. The number of nitrogens with one attached hydrogen (secondary N) is 1. The molecule has 1 aromatic heterocycles. The van der Waals surface area contributed by atoms with Crippen LogP contribution in [-0.4, -0.2) is 15.9 Å². The molecule has 0 atom stereocenters. The molecule has 1 aliphatic rings. The molecular weight excluding hydrogens is 440 g/mol. The van der Waals surface area contributed by atoms with Crippen molar-refractivity contribution in [3.8, 4) is 22.6 Å². The summed E-state index contributed by atoms with van der Waals surface area (Å²) < 4.78 is 46.3. The molecule has 1 N–H and O–H groups in total. The summed E-state index contributed by atoms with van der Waals surface area (Å²) in [4.78, 5) is 10.4. The van der Waals surface area contributed by atoms with E-state index in [1.807, 2.05) is 0 Å². The van der Waals surface area contributed by atoms with Crippen LogP contribution in [0.15, 0.2) is 53.1 Å². The number of aromatic nitrogens is 1. The molecule has 2 aromatic carbocycles. The van der Waals surface area contributed by atoms with Crippen LogP contribution < -0.4 is 5.32 Å². The highest BCUT2D eigenvalue weighted by molar-refractivity contribution is 6.54. The van der Waals surface area contributed by atoms with Crippen molar-refractivity contribution in [3.63, 3.8) is 0 Å². The number of hydrogen-bond acceptors (Lipinski definition) is 3. The minimum Gasteiger partial charge on any atom is -0.356 e. The summed E-state index contributed by atoms with van der Waals surface area (Å²) in [6.45, 7) is 0. The van der Waals surface area contributed by atoms with E-state index in [0.717, 1.165) is 18.9 Å². The Kier molecular flexibility index (Phi) is 5.51. The number of amides is 1. The Morgan fingerprint density at radius 2 is 1.87 bits per heavy atom. The van der Waals surface area contributed by atoms with Gasteiger partial charge in [0.15, 0.2) is 10.6 Å². The molecule has 1 amide bonds. The molecule has 30 heavy (non-hydrogen) atoms. The van der Waals surface area contributed by atoms with Crippen molar-refractivity contribution < 1.29 is 22.5 Å². The predicted octanol–water partition coefficient (Wildman–Crippen LogP) is 6.65. The van der Waals surface area contributed by atoms with Crippen molar-refractivity contribution in [1.29, 1.82) is 0 Å². The molecule has 1 heterocycles. The lowest BCUT2D eigenvalue weighted by atomic mass is 9.94. The van der Waals surface area contributed by atoms with Crippen molar-refractivity contribution in [1.82, 2.24) is 5.16 Å². The molecule has 0 saturated heterocycles. The lowest BCUT2D eigenvalue weighted by Crippen LogP contribution is -2.18. The Morgan fingerprint density at radius 3 is 2.53 bits per heavy atom. The molecule has 0 spiro atoms. The van der Waals surface area contributed by atoms with Crippen molar-refractivity contribution in [3.05, 3.63) is 59.7 Å². The summed E-state index contributed by atoms with van der Waals surface area (Å²) in [5.41, 5.74) is 1.01. The van der Waals surface area contributed by atoms with E-state index in [0.29, 0.717) is 16.8 Å². The Morgan fingerprint density at radius 1 is 1.13 bits per heavy atom. The van der Waals surface area contributed by atoms with Gasteiger partial charge < -0.3 is 9.84 Å². The van der Waals surface area contributed by atoms with Gasteiger partial charge in [-0.15, -0.1) is 0 Å². The van der Waals surface area contributed by atoms with Gasteiger partial charge in [0.05, 0.1) is 5.56 Å². The third-order valence-corrected chi connectivity index (χ3v) is 5.19. The molecule has 0 bridgehead atoms. The first-order chi connectivity index (χ1) is 14.2. The monoisotopic (exact) mass is 454 g/mol. The number of carbonyl (C=O) groups is 1. The highest BCUT2D eigenvalue weighted by Crippen LogP contribution is 2.48. The molecule has 0 aliphatic heterocycles. The maximum absolute atomic E-state index is 13.6. The number of anilines is 1. The molecule has 1 fully saturated rings. The zero-order valence-electron chi connectivity index (χ0n) is 15.3. The van der Waals surface area contributed by atoms with Gasteiger partial charge in [-0.2, -0.15) is 13.2 Å². The predicted molar refractivity (Wildman–Crippen MR) is 108 cm³/mol. The second kappa shape index (κ2) is 7.96. The normalized spacial score (nSPS) is 14.2. The van der Waals surface area contributed by atoms with Crippen LogP contribution in [0.5, 0.6) is 0 Å². The van der Waals surface area contributed by atoms with E-state index in [1.54, 1.807) is 30.3 Å². The van der Waals surface area contributed by atoms with Crippen molar-refractivity contribution in [2.45, 2.75) is 29.8 Å². The van der Waals surface area contributed by atoms with Gasteiger partial charge in [-0.3, -0.25) is 4.79 Å². The Bertz CT molecular complexity index is 1090. The Balaban J connectivity index is 1.72. The van der Waals surface area contributed by atoms with Crippen LogP contribution in [0.25, 0.3) is 22.6 Å². The Hall–Kier alpha value is -2.51. The molecule has 1 saturated carbocycles. The van der Waals surface area contributed by atoms with Crippen LogP contribution in [0.3, 0.4) is 0 Å². The number of halogens is 5. The fourth-order valence-electron chi connectivity index (χ4n) is 3.30. The topological polar surface area (TPSA) is 55.1 Å². The molecular formula is C21H15Cl2F3N2O2. The maximum Gasteiger partial charge on any atom is 0.417 e. The van der Waals surface area contributed by atoms with Gasteiger partial charge >= 0.3 is 6.18 Å². The minimum atomic E-state index is -4.51. The molecule has 4 rings (SSSR count). The van der Waals surface area contributed by atoms with Gasteiger partial charge in [-0.25, -0.2) is 0 Å². The summed E-state index contributed by atoms with van der Waals surface area (Å²) in [6.07, 6.45) is -2.81. The largest absolute Gasteiger partial charge is 0.417 e. The fraction of sp³-hybridized carbons (Fsp3) is 0.238. The quantitative estimate of drug-likeness (QED) is 0.439. The third-order valence-electron chi connectivity index (χ3n) is 4.80. The van der Waals surface area contributed by atoms with Crippen LogP contribution in [0, 0.1) is 0 Å². The zero-order chi connectivity index (χ0) is 21.5. The van der Waals surface area contributed by atoms with Gasteiger partial charge in [0.1, 0.15) is 5.69 Å². The summed E-state index contributed by atoms with van der Waals surface area (Å²) in [5.74, 6) is -0.227. The summed E-state index contributed by atoms with van der Waals surface area (Å²) in [7, 11) is 0. The van der Waals surface area contributed by atoms with Crippen molar-refractivity contribution in [2.24, 2.45) is 0 Å². The summed E-state index contributed by atoms with van der Waals surface area (Å²) in [5, 5.41) is 6.46.